The number of halogens is 1. The Labute approximate surface area is 106 Å². The SMILES string of the molecule is CC1(F)C(O)=C(CO)O[C@H]1n1ccc(NO)nc1=O. The second kappa shape index (κ2) is 4.52. The fourth-order valence-electron chi connectivity index (χ4n) is 1.77. The van der Waals surface area contributed by atoms with E-state index in [0.717, 1.165) is 17.7 Å². The van der Waals surface area contributed by atoms with E-state index in [0.29, 0.717) is 0 Å². The van der Waals surface area contributed by atoms with Gasteiger partial charge in [0.05, 0.1) is 0 Å². The molecule has 0 amide bonds. The first-order chi connectivity index (χ1) is 8.91. The molecule has 1 unspecified atom stereocenters. The third-order valence-electron chi connectivity index (χ3n) is 2.79. The number of hydrogen-bond acceptors (Lipinski definition) is 7. The van der Waals surface area contributed by atoms with Gasteiger partial charge in [-0.3, -0.25) is 15.3 Å². The summed E-state index contributed by atoms with van der Waals surface area (Å²) in [5, 5.41) is 27.1. The minimum Gasteiger partial charge on any atom is -0.506 e. The number of rotatable bonds is 3. The summed E-state index contributed by atoms with van der Waals surface area (Å²) in [6, 6.07) is 1.22. The molecule has 0 bridgehead atoms. The molecule has 0 spiro atoms. The van der Waals surface area contributed by atoms with Crippen LogP contribution in [-0.2, 0) is 4.74 Å². The first kappa shape index (κ1) is 13.3. The van der Waals surface area contributed by atoms with Crippen LogP contribution in [0, 0.1) is 0 Å². The molecule has 1 aliphatic heterocycles. The maximum absolute atomic E-state index is 14.4. The molecular formula is C10H12FN3O5. The third kappa shape index (κ3) is 2.02. The van der Waals surface area contributed by atoms with Crippen molar-refractivity contribution in [3.05, 3.63) is 34.3 Å². The molecule has 104 valence electrons. The molecule has 0 saturated carbocycles. The lowest BCUT2D eigenvalue weighted by Gasteiger charge is -2.23. The number of nitrogens with one attached hydrogen (secondary N) is 1. The van der Waals surface area contributed by atoms with Crippen LogP contribution < -0.4 is 11.2 Å². The summed E-state index contributed by atoms with van der Waals surface area (Å²) in [6.45, 7) is 0.320. The maximum Gasteiger partial charge on any atom is 0.352 e. The van der Waals surface area contributed by atoms with Crippen molar-refractivity contribution in [2.75, 3.05) is 12.1 Å². The molecule has 8 nitrogen and oxygen atoms in total. The monoisotopic (exact) mass is 273 g/mol. The smallest absolute Gasteiger partial charge is 0.352 e. The predicted octanol–water partition coefficient (Wildman–Crippen LogP) is 0.0633. The summed E-state index contributed by atoms with van der Waals surface area (Å²) in [7, 11) is 0. The second-order valence-electron chi connectivity index (χ2n) is 4.09. The number of aliphatic hydroxyl groups is 2. The number of nitrogens with zero attached hydrogens (tertiary/aromatic N) is 2. The summed E-state index contributed by atoms with van der Waals surface area (Å²) in [4.78, 5) is 15.1. The zero-order valence-electron chi connectivity index (χ0n) is 9.87. The highest BCUT2D eigenvalue weighted by atomic mass is 19.1. The largest absolute Gasteiger partial charge is 0.506 e. The Bertz CT molecular complexity index is 583. The highest BCUT2D eigenvalue weighted by Gasteiger charge is 2.50. The first-order valence-corrected chi connectivity index (χ1v) is 5.30. The van der Waals surface area contributed by atoms with Gasteiger partial charge < -0.3 is 14.9 Å². The van der Waals surface area contributed by atoms with Crippen molar-refractivity contribution < 1.29 is 24.5 Å². The predicted molar refractivity (Wildman–Crippen MR) is 60.3 cm³/mol. The lowest BCUT2D eigenvalue weighted by Crippen LogP contribution is -2.37. The van der Waals surface area contributed by atoms with Crippen molar-refractivity contribution in [2.45, 2.75) is 18.8 Å². The van der Waals surface area contributed by atoms with Gasteiger partial charge in [-0.1, -0.05) is 0 Å². The molecule has 2 heterocycles. The normalized spacial score (nSPS) is 26.4. The second-order valence-corrected chi connectivity index (χ2v) is 4.09. The van der Waals surface area contributed by atoms with E-state index in [1.165, 1.54) is 6.07 Å². The summed E-state index contributed by atoms with van der Waals surface area (Å²) >= 11 is 0. The van der Waals surface area contributed by atoms with Crippen LogP contribution in [0.4, 0.5) is 10.2 Å². The highest BCUT2D eigenvalue weighted by Crippen LogP contribution is 2.42. The topological polar surface area (TPSA) is 117 Å². The van der Waals surface area contributed by atoms with Gasteiger partial charge in [0.1, 0.15) is 6.61 Å². The van der Waals surface area contributed by atoms with Gasteiger partial charge in [-0.05, 0) is 13.0 Å². The molecule has 0 saturated heterocycles. The van der Waals surface area contributed by atoms with Gasteiger partial charge in [0.15, 0.2) is 17.3 Å². The molecular weight excluding hydrogens is 261 g/mol. The van der Waals surface area contributed by atoms with Crippen LogP contribution in [0.25, 0.3) is 0 Å². The van der Waals surface area contributed by atoms with Gasteiger partial charge in [-0.25, -0.2) is 9.18 Å². The third-order valence-corrected chi connectivity index (χ3v) is 2.79. The van der Waals surface area contributed by atoms with Gasteiger partial charge >= 0.3 is 5.69 Å². The Morgan fingerprint density at radius 2 is 2.37 bits per heavy atom. The molecule has 0 fully saturated rings. The molecule has 1 aromatic rings. The van der Waals surface area contributed by atoms with Gasteiger partial charge in [0.25, 0.3) is 0 Å². The number of alkyl halides is 1. The average molecular weight is 273 g/mol. The molecule has 4 N–H and O–H groups in total. The maximum atomic E-state index is 14.4. The van der Waals surface area contributed by atoms with Gasteiger partial charge in [0, 0.05) is 6.20 Å². The summed E-state index contributed by atoms with van der Waals surface area (Å²) in [5.41, 5.74) is -1.59. The Hall–Kier alpha value is -2.13. The molecule has 9 heteroatoms. The van der Waals surface area contributed by atoms with E-state index in [9.17, 15) is 14.3 Å². The quantitative estimate of drug-likeness (QED) is 0.575. The number of hydrogen-bond donors (Lipinski definition) is 4. The van der Waals surface area contributed by atoms with E-state index in [1.54, 1.807) is 5.48 Å². The van der Waals surface area contributed by atoms with Crippen LogP contribution in [0.5, 0.6) is 0 Å². The lowest BCUT2D eigenvalue weighted by molar-refractivity contribution is -0.0308. The molecule has 19 heavy (non-hydrogen) atoms. The van der Waals surface area contributed by atoms with Crippen molar-refractivity contribution in [1.82, 2.24) is 9.55 Å². The molecule has 2 rings (SSSR count). The molecule has 0 aromatic carbocycles. The van der Waals surface area contributed by atoms with Crippen LogP contribution in [0.15, 0.2) is 28.6 Å². The minimum atomic E-state index is -2.38. The first-order valence-electron chi connectivity index (χ1n) is 5.30. The van der Waals surface area contributed by atoms with Crippen molar-refractivity contribution in [3.8, 4) is 0 Å². The Kier molecular flexibility index (Phi) is 3.16. The van der Waals surface area contributed by atoms with E-state index in [2.05, 4.69) is 4.98 Å². The fourth-order valence-corrected chi connectivity index (χ4v) is 1.77. The van der Waals surface area contributed by atoms with Gasteiger partial charge in [-0.2, -0.15) is 4.98 Å². The Morgan fingerprint density at radius 1 is 1.68 bits per heavy atom. The van der Waals surface area contributed by atoms with E-state index in [1.807, 2.05) is 0 Å². The van der Waals surface area contributed by atoms with Gasteiger partial charge in [-0.15, -0.1) is 0 Å². The van der Waals surface area contributed by atoms with Crippen LogP contribution in [0.1, 0.15) is 13.2 Å². The Morgan fingerprint density at radius 3 is 2.84 bits per heavy atom. The van der Waals surface area contributed by atoms with Crippen LogP contribution in [0.3, 0.4) is 0 Å². The van der Waals surface area contributed by atoms with E-state index >= 15 is 0 Å². The van der Waals surface area contributed by atoms with Crippen LogP contribution >= 0.6 is 0 Å². The molecule has 0 aliphatic carbocycles. The van der Waals surface area contributed by atoms with Crippen molar-refractivity contribution >= 4 is 5.82 Å². The molecule has 1 aliphatic rings. The van der Waals surface area contributed by atoms with Crippen molar-refractivity contribution in [3.63, 3.8) is 0 Å². The summed E-state index contributed by atoms with van der Waals surface area (Å²) in [5.74, 6) is -1.22. The summed E-state index contributed by atoms with van der Waals surface area (Å²) in [6.07, 6.45) is -0.341. The van der Waals surface area contributed by atoms with Crippen LogP contribution in [-0.4, -0.2) is 37.2 Å². The van der Waals surface area contributed by atoms with Gasteiger partial charge in [0.2, 0.25) is 11.9 Å². The zero-order valence-corrected chi connectivity index (χ0v) is 9.87. The zero-order chi connectivity index (χ0) is 14.2. The van der Waals surface area contributed by atoms with E-state index < -0.39 is 30.0 Å². The van der Waals surface area contributed by atoms with E-state index in [-0.39, 0.29) is 11.6 Å². The average Bonchev–Trinajstić information content (AvgIpc) is 2.61. The van der Waals surface area contributed by atoms with Crippen molar-refractivity contribution in [2.24, 2.45) is 0 Å². The number of aliphatic hydroxyl groups excluding tert-OH is 2. The number of anilines is 1. The lowest BCUT2D eigenvalue weighted by atomic mass is 10.1. The number of ether oxygens (including phenoxy) is 1. The molecule has 2 atom stereocenters. The summed E-state index contributed by atoms with van der Waals surface area (Å²) < 4.78 is 20.2. The molecule has 0 radical (unpaired) electrons. The van der Waals surface area contributed by atoms with Crippen LogP contribution in [0.2, 0.25) is 0 Å². The van der Waals surface area contributed by atoms with Crippen molar-refractivity contribution in [1.29, 1.82) is 0 Å². The molecule has 1 aromatic heterocycles. The fraction of sp³-hybridized carbons (Fsp3) is 0.400. The minimum absolute atomic E-state index is 0.112. The Balaban J connectivity index is 2.43. The number of aromatic nitrogens is 2. The highest BCUT2D eigenvalue weighted by molar-refractivity contribution is 5.29. The van der Waals surface area contributed by atoms with E-state index in [4.69, 9.17) is 15.1 Å². The standard InChI is InChI=1S/C10H12FN3O5/c1-10(11)7(16)5(4-15)19-8(10)14-3-2-6(13-18)12-9(14)17/h2-3,8,15-16,18H,4H2,1H3,(H,12,13,17)/t8-,10?/m1/s1.